The lowest BCUT2D eigenvalue weighted by Gasteiger charge is -2.09. The molecule has 0 radical (unpaired) electrons. The van der Waals surface area contributed by atoms with Crippen molar-refractivity contribution in [2.75, 3.05) is 0 Å². The Morgan fingerprint density at radius 3 is 2.72 bits per heavy atom. The van der Waals surface area contributed by atoms with Gasteiger partial charge in [0.25, 0.3) is 0 Å². The summed E-state index contributed by atoms with van der Waals surface area (Å²) in [6.07, 6.45) is 1.16. The lowest BCUT2D eigenvalue weighted by molar-refractivity contribution is 0.179. The third-order valence-corrected chi connectivity index (χ3v) is 4.17. The van der Waals surface area contributed by atoms with E-state index in [9.17, 15) is 5.11 Å². The summed E-state index contributed by atoms with van der Waals surface area (Å²) in [6, 6.07) is 6.17. The van der Waals surface area contributed by atoms with Crippen molar-refractivity contribution in [1.82, 2.24) is 9.78 Å². The maximum atomic E-state index is 10.3. The van der Waals surface area contributed by atoms with Crippen LogP contribution in [0.5, 0.6) is 0 Å². The van der Waals surface area contributed by atoms with Crippen LogP contribution in [0.1, 0.15) is 41.1 Å². The molecule has 18 heavy (non-hydrogen) atoms. The minimum absolute atomic E-state index is 0.421. The third kappa shape index (κ3) is 2.82. The molecule has 1 unspecified atom stereocenters. The zero-order valence-corrected chi connectivity index (χ0v) is 12.0. The summed E-state index contributed by atoms with van der Waals surface area (Å²) >= 11 is 1.66. The Kier molecular flexibility index (Phi) is 4.19. The van der Waals surface area contributed by atoms with E-state index in [-0.39, 0.29) is 0 Å². The highest BCUT2D eigenvalue weighted by Crippen LogP contribution is 2.25. The summed E-state index contributed by atoms with van der Waals surface area (Å²) in [4.78, 5) is 2.27. The molecule has 2 rings (SSSR count). The van der Waals surface area contributed by atoms with Gasteiger partial charge in [-0.05, 0) is 38.5 Å². The molecule has 0 amide bonds. The van der Waals surface area contributed by atoms with Gasteiger partial charge in [0.1, 0.15) is 0 Å². The van der Waals surface area contributed by atoms with Gasteiger partial charge in [0.15, 0.2) is 0 Å². The highest BCUT2D eigenvalue weighted by molar-refractivity contribution is 7.12. The van der Waals surface area contributed by atoms with Gasteiger partial charge in [-0.3, -0.25) is 4.68 Å². The summed E-state index contributed by atoms with van der Waals surface area (Å²) < 4.78 is 1.99. The summed E-state index contributed by atoms with van der Waals surface area (Å²) in [6.45, 7) is 7.10. The van der Waals surface area contributed by atoms with E-state index in [1.807, 2.05) is 10.7 Å². The Morgan fingerprint density at radius 1 is 1.39 bits per heavy atom. The van der Waals surface area contributed by atoms with Crippen LogP contribution in [0.15, 0.2) is 18.2 Å². The molecule has 0 aliphatic rings. The average molecular weight is 264 g/mol. The normalized spacial score (nSPS) is 12.9. The molecule has 0 fully saturated rings. The molecule has 1 N–H and O–H groups in total. The predicted octanol–water partition coefficient (Wildman–Crippen LogP) is 3.11. The zero-order chi connectivity index (χ0) is 13.1. The summed E-state index contributed by atoms with van der Waals surface area (Å²) in [5, 5.41) is 14.8. The van der Waals surface area contributed by atoms with Crippen LogP contribution in [-0.2, 0) is 19.4 Å². The highest BCUT2D eigenvalue weighted by atomic mass is 32.1. The SMILES string of the molecule is CCc1cc(CC(O)c2ccc(C)s2)n(CC)n1. The van der Waals surface area contributed by atoms with Crippen molar-refractivity contribution in [1.29, 1.82) is 0 Å². The highest BCUT2D eigenvalue weighted by Gasteiger charge is 2.14. The Balaban J connectivity index is 2.15. The maximum Gasteiger partial charge on any atom is 0.0937 e. The Hall–Kier alpha value is -1.13. The number of nitrogens with zero attached hydrogens (tertiary/aromatic N) is 2. The molecule has 4 heteroatoms. The number of thiophene rings is 1. The van der Waals surface area contributed by atoms with Gasteiger partial charge < -0.3 is 5.11 Å². The standard InChI is InChI=1S/C14H20N2OS/c1-4-11-8-12(16(5-2)15-11)9-13(17)14-7-6-10(3)18-14/h6-8,13,17H,4-5,9H2,1-3H3. The van der Waals surface area contributed by atoms with Crippen molar-refractivity contribution in [2.45, 2.75) is 46.3 Å². The number of aliphatic hydroxyl groups excluding tert-OH is 1. The van der Waals surface area contributed by atoms with E-state index in [0.29, 0.717) is 6.42 Å². The molecule has 3 nitrogen and oxygen atoms in total. The van der Waals surface area contributed by atoms with Gasteiger partial charge in [-0.2, -0.15) is 5.10 Å². The van der Waals surface area contributed by atoms with Crippen LogP contribution in [0, 0.1) is 6.92 Å². The first-order valence-corrected chi connectivity index (χ1v) is 7.25. The molecule has 1 atom stereocenters. The first-order valence-electron chi connectivity index (χ1n) is 6.44. The number of aryl methyl sites for hydroxylation is 3. The maximum absolute atomic E-state index is 10.3. The van der Waals surface area contributed by atoms with Crippen LogP contribution >= 0.6 is 11.3 Å². The third-order valence-electron chi connectivity index (χ3n) is 3.07. The predicted molar refractivity (Wildman–Crippen MR) is 75.0 cm³/mol. The second-order valence-corrected chi connectivity index (χ2v) is 5.78. The molecular formula is C14H20N2OS. The summed E-state index contributed by atoms with van der Waals surface area (Å²) in [7, 11) is 0. The van der Waals surface area contributed by atoms with Crippen LogP contribution in [-0.4, -0.2) is 14.9 Å². The number of aliphatic hydroxyl groups is 1. The topological polar surface area (TPSA) is 38.0 Å². The lowest BCUT2D eigenvalue weighted by Crippen LogP contribution is -2.07. The fourth-order valence-electron chi connectivity index (χ4n) is 2.06. The molecule has 2 aromatic heterocycles. The van der Waals surface area contributed by atoms with Gasteiger partial charge in [-0.25, -0.2) is 0 Å². The van der Waals surface area contributed by atoms with Crippen molar-refractivity contribution in [3.8, 4) is 0 Å². The molecule has 0 saturated heterocycles. The van der Waals surface area contributed by atoms with Gasteiger partial charge in [0.2, 0.25) is 0 Å². The van der Waals surface area contributed by atoms with Gasteiger partial charge in [-0.1, -0.05) is 6.92 Å². The molecule has 98 valence electrons. The number of hydrogen-bond acceptors (Lipinski definition) is 3. The van der Waals surface area contributed by atoms with Gasteiger partial charge in [0.05, 0.1) is 11.8 Å². The fourth-order valence-corrected chi connectivity index (χ4v) is 2.92. The monoisotopic (exact) mass is 264 g/mol. The molecule has 2 heterocycles. The quantitative estimate of drug-likeness (QED) is 0.901. The van der Waals surface area contributed by atoms with E-state index < -0.39 is 6.10 Å². The first-order chi connectivity index (χ1) is 8.63. The summed E-state index contributed by atoms with van der Waals surface area (Å²) in [5.74, 6) is 0. The lowest BCUT2D eigenvalue weighted by atomic mass is 10.1. The van der Waals surface area contributed by atoms with Crippen LogP contribution in [0.4, 0.5) is 0 Å². The molecule has 2 aromatic rings. The van der Waals surface area contributed by atoms with Crippen molar-refractivity contribution < 1.29 is 5.11 Å². The van der Waals surface area contributed by atoms with Crippen LogP contribution in [0.25, 0.3) is 0 Å². The van der Waals surface area contributed by atoms with Crippen molar-refractivity contribution in [2.24, 2.45) is 0 Å². The Bertz CT molecular complexity index is 516. The van der Waals surface area contributed by atoms with Gasteiger partial charge >= 0.3 is 0 Å². The van der Waals surface area contributed by atoms with Crippen LogP contribution < -0.4 is 0 Å². The molecule has 0 aromatic carbocycles. The number of aromatic nitrogens is 2. The smallest absolute Gasteiger partial charge is 0.0937 e. The minimum Gasteiger partial charge on any atom is -0.387 e. The summed E-state index contributed by atoms with van der Waals surface area (Å²) in [5.41, 5.74) is 2.22. The van der Waals surface area contributed by atoms with Crippen molar-refractivity contribution in [3.63, 3.8) is 0 Å². The van der Waals surface area contributed by atoms with E-state index in [0.717, 1.165) is 29.2 Å². The minimum atomic E-state index is -0.421. The molecular weight excluding hydrogens is 244 g/mol. The van der Waals surface area contributed by atoms with E-state index in [1.165, 1.54) is 4.88 Å². The van der Waals surface area contributed by atoms with Crippen molar-refractivity contribution in [3.05, 3.63) is 39.3 Å². The second-order valence-electron chi connectivity index (χ2n) is 4.46. The molecule has 0 saturated carbocycles. The molecule has 0 spiro atoms. The van der Waals surface area contributed by atoms with E-state index in [2.05, 4.69) is 38.0 Å². The van der Waals surface area contributed by atoms with Gasteiger partial charge in [-0.15, -0.1) is 11.3 Å². The average Bonchev–Trinajstić information content (AvgIpc) is 2.95. The van der Waals surface area contributed by atoms with Gasteiger partial charge in [0, 0.05) is 28.4 Å². The fraction of sp³-hybridized carbons (Fsp3) is 0.500. The number of rotatable bonds is 5. The Labute approximate surface area is 112 Å². The van der Waals surface area contributed by atoms with Crippen molar-refractivity contribution >= 4 is 11.3 Å². The van der Waals surface area contributed by atoms with Crippen LogP contribution in [0.2, 0.25) is 0 Å². The molecule has 0 aliphatic carbocycles. The van der Waals surface area contributed by atoms with Crippen LogP contribution in [0.3, 0.4) is 0 Å². The Morgan fingerprint density at radius 2 is 2.17 bits per heavy atom. The molecule has 0 aliphatic heterocycles. The largest absolute Gasteiger partial charge is 0.387 e. The van der Waals surface area contributed by atoms with E-state index in [1.54, 1.807) is 11.3 Å². The first kappa shape index (κ1) is 13.3. The second kappa shape index (κ2) is 5.67. The zero-order valence-electron chi connectivity index (χ0n) is 11.2. The van der Waals surface area contributed by atoms with E-state index in [4.69, 9.17) is 0 Å². The number of hydrogen-bond donors (Lipinski definition) is 1. The molecule has 0 bridgehead atoms. The van der Waals surface area contributed by atoms with E-state index >= 15 is 0 Å².